The highest BCUT2D eigenvalue weighted by Gasteiger charge is 2.25. The number of nitrogens with zero attached hydrogens (tertiary/aromatic N) is 1. The molecule has 0 saturated carbocycles. The van der Waals surface area contributed by atoms with E-state index in [0.29, 0.717) is 0 Å². The first-order valence-corrected chi connectivity index (χ1v) is 7.04. The van der Waals surface area contributed by atoms with E-state index in [-0.39, 0.29) is 4.75 Å². The van der Waals surface area contributed by atoms with Crippen LogP contribution in [0.25, 0.3) is 0 Å². The van der Waals surface area contributed by atoms with Gasteiger partial charge in [0.05, 0.1) is 17.8 Å². The van der Waals surface area contributed by atoms with Crippen LogP contribution >= 0.6 is 15.9 Å². The molecule has 0 fully saturated rings. The van der Waals surface area contributed by atoms with Gasteiger partial charge in [-0.15, -0.1) is 0 Å². The van der Waals surface area contributed by atoms with Crippen molar-refractivity contribution in [1.29, 1.82) is 0 Å². The SMILES string of the molecule is COc1ccc(/C=N/[S@+]([O-])C(C)(C)C)cc1Br. The van der Waals surface area contributed by atoms with Crippen LogP contribution in [0.15, 0.2) is 27.1 Å². The zero-order valence-corrected chi connectivity index (χ0v) is 12.8. The average molecular weight is 318 g/mol. The van der Waals surface area contributed by atoms with Crippen LogP contribution < -0.4 is 4.74 Å². The zero-order valence-electron chi connectivity index (χ0n) is 10.4. The molecule has 0 saturated heterocycles. The lowest BCUT2D eigenvalue weighted by Gasteiger charge is -2.17. The molecule has 0 aliphatic rings. The number of halogens is 1. The molecular formula is C12H16BrNO2S. The molecule has 0 amide bonds. The summed E-state index contributed by atoms with van der Waals surface area (Å²) in [5, 5.41) is 0. The Bertz CT molecular complexity index is 415. The second kappa shape index (κ2) is 5.89. The third-order valence-electron chi connectivity index (χ3n) is 2.00. The Balaban J connectivity index is 2.82. The van der Waals surface area contributed by atoms with Crippen molar-refractivity contribution in [3.05, 3.63) is 28.2 Å². The largest absolute Gasteiger partial charge is 0.591 e. The first-order valence-electron chi connectivity index (χ1n) is 5.14. The van der Waals surface area contributed by atoms with Gasteiger partial charge >= 0.3 is 0 Å². The Hall–Kier alpha value is -0.520. The fourth-order valence-corrected chi connectivity index (χ4v) is 2.12. The van der Waals surface area contributed by atoms with Crippen molar-refractivity contribution < 1.29 is 9.29 Å². The number of ether oxygens (including phenoxy) is 1. The van der Waals surface area contributed by atoms with E-state index in [0.717, 1.165) is 15.8 Å². The van der Waals surface area contributed by atoms with E-state index >= 15 is 0 Å². The van der Waals surface area contributed by atoms with Gasteiger partial charge in [-0.3, -0.25) is 0 Å². The zero-order chi connectivity index (χ0) is 13.1. The predicted molar refractivity (Wildman–Crippen MR) is 76.2 cm³/mol. The molecular weight excluding hydrogens is 302 g/mol. The second-order valence-electron chi connectivity index (χ2n) is 4.49. The minimum Gasteiger partial charge on any atom is -0.591 e. The molecule has 0 unspecified atom stereocenters. The van der Waals surface area contributed by atoms with Gasteiger partial charge in [0.1, 0.15) is 21.9 Å². The van der Waals surface area contributed by atoms with Gasteiger partial charge < -0.3 is 9.29 Å². The number of methoxy groups -OCH3 is 1. The van der Waals surface area contributed by atoms with Gasteiger partial charge in [0.2, 0.25) is 0 Å². The fraction of sp³-hybridized carbons (Fsp3) is 0.417. The molecule has 94 valence electrons. The normalized spacial score (nSPS) is 14.0. The van der Waals surface area contributed by atoms with E-state index in [1.165, 1.54) is 0 Å². The summed E-state index contributed by atoms with van der Waals surface area (Å²) in [6, 6.07) is 5.58. The highest BCUT2D eigenvalue weighted by atomic mass is 79.9. The van der Waals surface area contributed by atoms with Gasteiger partial charge in [0, 0.05) is 0 Å². The third kappa shape index (κ3) is 4.33. The Morgan fingerprint density at radius 1 is 1.41 bits per heavy atom. The van der Waals surface area contributed by atoms with Gasteiger partial charge in [-0.1, -0.05) is 4.40 Å². The maximum absolute atomic E-state index is 11.7. The minimum absolute atomic E-state index is 0.333. The summed E-state index contributed by atoms with van der Waals surface area (Å²) in [6.07, 6.45) is 1.62. The molecule has 1 aromatic carbocycles. The third-order valence-corrected chi connectivity index (χ3v) is 3.96. The number of benzene rings is 1. The van der Waals surface area contributed by atoms with Crippen molar-refractivity contribution in [2.24, 2.45) is 4.40 Å². The molecule has 0 radical (unpaired) electrons. The topological polar surface area (TPSA) is 44.6 Å². The molecule has 0 aromatic heterocycles. The molecule has 0 heterocycles. The van der Waals surface area contributed by atoms with Crippen LogP contribution in [0.4, 0.5) is 0 Å². The molecule has 0 N–H and O–H groups in total. The Labute approximate surface area is 114 Å². The lowest BCUT2D eigenvalue weighted by atomic mass is 10.2. The van der Waals surface area contributed by atoms with E-state index in [1.54, 1.807) is 13.3 Å². The van der Waals surface area contributed by atoms with Crippen LogP contribution in [0.5, 0.6) is 5.75 Å². The molecule has 0 bridgehead atoms. The van der Waals surface area contributed by atoms with Gasteiger partial charge in [-0.25, -0.2) is 0 Å². The summed E-state index contributed by atoms with van der Waals surface area (Å²) < 4.78 is 21.4. The standard InChI is InChI=1S/C12H16BrNO2S/c1-12(2,3)17(15)14-8-9-5-6-11(16-4)10(13)7-9/h5-8H,1-4H3/b14-8+/t17-/m1/s1. The predicted octanol–water partition coefficient (Wildman–Crippen LogP) is 3.34. The summed E-state index contributed by atoms with van der Waals surface area (Å²) >= 11 is 2.16. The summed E-state index contributed by atoms with van der Waals surface area (Å²) in [7, 11) is 1.61. The molecule has 5 heteroatoms. The molecule has 0 spiro atoms. The summed E-state index contributed by atoms with van der Waals surface area (Å²) in [5.41, 5.74) is 0.885. The van der Waals surface area contributed by atoms with E-state index in [1.807, 2.05) is 39.0 Å². The van der Waals surface area contributed by atoms with Crippen molar-refractivity contribution in [1.82, 2.24) is 0 Å². The lowest BCUT2D eigenvalue weighted by Crippen LogP contribution is -2.25. The van der Waals surface area contributed by atoms with Gasteiger partial charge in [-0.2, -0.15) is 0 Å². The van der Waals surface area contributed by atoms with Crippen molar-refractivity contribution in [2.75, 3.05) is 7.11 Å². The summed E-state index contributed by atoms with van der Waals surface area (Å²) in [5.74, 6) is 0.763. The summed E-state index contributed by atoms with van der Waals surface area (Å²) in [4.78, 5) is 0. The number of rotatable bonds is 3. The monoisotopic (exact) mass is 317 g/mol. The second-order valence-corrected chi connectivity index (χ2v) is 7.28. The first kappa shape index (κ1) is 14.5. The van der Waals surface area contributed by atoms with Crippen LogP contribution in [0.1, 0.15) is 26.3 Å². The quantitative estimate of drug-likeness (QED) is 0.634. The highest BCUT2D eigenvalue weighted by molar-refractivity contribution is 9.10. The van der Waals surface area contributed by atoms with Crippen LogP contribution in [0.3, 0.4) is 0 Å². The van der Waals surface area contributed by atoms with Crippen molar-refractivity contribution in [3.63, 3.8) is 0 Å². The van der Waals surface area contributed by atoms with Crippen molar-refractivity contribution in [2.45, 2.75) is 25.5 Å². The molecule has 1 aromatic rings. The van der Waals surface area contributed by atoms with Crippen molar-refractivity contribution in [3.8, 4) is 5.75 Å². The van der Waals surface area contributed by atoms with E-state index < -0.39 is 11.4 Å². The van der Waals surface area contributed by atoms with E-state index in [9.17, 15) is 4.55 Å². The van der Waals surface area contributed by atoms with Crippen LogP contribution in [-0.2, 0) is 11.4 Å². The molecule has 1 rings (SSSR count). The Morgan fingerprint density at radius 3 is 2.53 bits per heavy atom. The molecule has 17 heavy (non-hydrogen) atoms. The maximum Gasteiger partial charge on any atom is 0.144 e. The molecule has 0 aliphatic heterocycles. The molecule has 3 nitrogen and oxygen atoms in total. The smallest absolute Gasteiger partial charge is 0.144 e. The fourth-order valence-electron chi connectivity index (χ4n) is 1.03. The minimum atomic E-state index is -1.23. The number of hydrogen-bond donors (Lipinski definition) is 0. The number of hydrogen-bond acceptors (Lipinski definition) is 3. The first-order chi connectivity index (χ1) is 7.84. The average Bonchev–Trinajstić information content (AvgIpc) is 2.24. The van der Waals surface area contributed by atoms with Gasteiger partial charge in [0.25, 0.3) is 0 Å². The van der Waals surface area contributed by atoms with E-state index in [2.05, 4.69) is 20.3 Å². The molecule has 1 atom stereocenters. The lowest BCUT2D eigenvalue weighted by molar-refractivity contribution is 0.412. The summed E-state index contributed by atoms with van der Waals surface area (Å²) in [6.45, 7) is 5.68. The van der Waals surface area contributed by atoms with E-state index in [4.69, 9.17) is 4.74 Å². The Morgan fingerprint density at radius 2 is 2.06 bits per heavy atom. The van der Waals surface area contributed by atoms with Crippen LogP contribution in [0.2, 0.25) is 0 Å². The maximum atomic E-state index is 11.7. The Kier molecular flexibility index (Phi) is 5.04. The highest BCUT2D eigenvalue weighted by Crippen LogP contribution is 2.25. The van der Waals surface area contributed by atoms with Gasteiger partial charge in [-0.05, 0) is 60.5 Å². The van der Waals surface area contributed by atoms with Crippen LogP contribution in [0, 0.1) is 0 Å². The van der Waals surface area contributed by atoms with Crippen LogP contribution in [-0.4, -0.2) is 22.6 Å². The van der Waals surface area contributed by atoms with Gasteiger partial charge in [0.15, 0.2) is 0 Å². The molecule has 0 aliphatic carbocycles. The van der Waals surface area contributed by atoms with Crippen molar-refractivity contribution >= 4 is 33.5 Å².